The molecule has 5 amide bonds. The van der Waals surface area contributed by atoms with Crippen LogP contribution in [-0.2, 0) is 28.8 Å². The summed E-state index contributed by atoms with van der Waals surface area (Å²) in [6.45, 7) is 3.53. The van der Waals surface area contributed by atoms with Crippen molar-refractivity contribution >= 4 is 41.5 Å². The molecule has 37 heavy (non-hydrogen) atoms. The number of nitrogens with zero attached hydrogens (tertiary/aromatic N) is 1. The monoisotopic (exact) mass is 529 g/mol. The number of nitrogens with one attached hydrogen (secondary N) is 3. The average molecular weight is 530 g/mol. The number of hydrogen-bond acceptors (Lipinski definition) is 8. The molecule has 0 aliphatic carbocycles. The number of rotatable bonds is 18. The topological polar surface area (TPSA) is 301 Å². The van der Waals surface area contributed by atoms with Gasteiger partial charge >= 0.3 is 5.97 Å². The summed E-state index contributed by atoms with van der Waals surface area (Å²) in [7, 11) is 0. The van der Waals surface area contributed by atoms with E-state index >= 15 is 0 Å². The standard InChI is InChI=1S/C21H39N9O7/c1-3-10(2)16(20(36)37)30-19(35)12(5-4-8-27-21(25)26)29-18(34)13(6-7-14(23)31)28-17(33)11(22)9-15(24)32/h10-13,16H,3-9,22H2,1-2H3,(H2,23,31)(H2,24,32)(H,28,33)(H,29,34)(H,30,35)(H,36,37)(H4,25,26,27). The van der Waals surface area contributed by atoms with E-state index in [1.807, 2.05) is 0 Å². The van der Waals surface area contributed by atoms with E-state index in [9.17, 15) is 33.9 Å². The minimum atomic E-state index is -1.35. The van der Waals surface area contributed by atoms with Crippen molar-refractivity contribution < 1.29 is 33.9 Å². The number of guanidine groups is 1. The molecule has 0 saturated heterocycles. The highest BCUT2D eigenvalue weighted by Gasteiger charge is 2.32. The number of carbonyl (C=O) groups excluding carboxylic acids is 5. The van der Waals surface area contributed by atoms with E-state index in [2.05, 4.69) is 20.9 Å². The van der Waals surface area contributed by atoms with Gasteiger partial charge in [-0.15, -0.1) is 0 Å². The second-order valence-corrected chi connectivity index (χ2v) is 8.56. The van der Waals surface area contributed by atoms with Gasteiger partial charge in [-0.1, -0.05) is 20.3 Å². The van der Waals surface area contributed by atoms with E-state index in [0.29, 0.717) is 6.42 Å². The third kappa shape index (κ3) is 13.6. The van der Waals surface area contributed by atoms with Crippen molar-refractivity contribution in [3.05, 3.63) is 0 Å². The summed E-state index contributed by atoms with van der Waals surface area (Å²) in [5, 5.41) is 16.7. The van der Waals surface area contributed by atoms with Gasteiger partial charge in [-0.2, -0.15) is 0 Å². The quantitative estimate of drug-likeness (QED) is 0.0472. The normalized spacial score (nSPS) is 14.7. The fourth-order valence-corrected chi connectivity index (χ4v) is 3.13. The van der Waals surface area contributed by atoms with Crippen LogP contribution in [-0.4, -0.2) is 77.3 Å². The molecular formula is C21H39N9O7. The average Bonchev–Trinajstić information content (AvgIpc) is 2.79. The van der Waals surface area contributed by atoms with Gasteiger partial charge in [0.2, 0.25) is 29.5 Å². The Bertz CT molecular complexity index is 861. The van der Waals surface area contributed by atoms with Gasteiger partial charge in [0.05, 0.1) is 12.5 Å². The van der Waals surface area contributed by atoms with Gasteiger partial charge in [-0.05, 0) is 25.2 Å². The van der Waals surface area contributed by atoms with Gasteiger partial charge in [-0.25, -0.2) is 4.79 Å². The van der Waals surface area contributed by atoms with Crippen molar-refractivity contribution in [3.63, 3.8) is 0 Å². The summed E-state index contributed by atoms with van der Waals surface area (Å²) in [5.41, 5.74) is 26.4. The summed E-state index contributed by atoms with van der Waals surface area (Å²) in [6.07, 6.45) is -0.301. The molecule has 0 aromatic carbocycles. The predicted molar refractivity (Wildman–Crippen MR) is 133 cm³/mol. The first kappa shape index (κ1) is 33.0. The lowest BCUT2D eigenvalue weighted by atomic mass is 9.98. The van der Waals surface area contributed by atoms with Gasteiger partial charge in [0.1, 0.15) is 18.1 Å². The van der Waals surface area contributed by atoms with Crippen molar-refractivity contribution in [3.8, 4) is 0 Å². The summed E-state index contributed by atoms with van der Waals surface area (Å²) >= 11 is 0. The van der Waals surface area contributed by atoms with Gasteiger partial charge in [0.25, 0.3) is 0 Å². The predicted octanol–water partition coefficient (Wildman–Crippen LogP) is -3.91. The zero-order valence-corrected chi connectivity index (χ0v) is 21.1. The second kappa shape index (κ2) is 16.7. The van der Waals surface area contributed by atoms with Crippen molar-refractivity contribution in [2.45, 2.75) is 76.5 Å². The number of amides is 5. The lowest BCUT2D eigenvalue weighted by molar-refractivity contribution is -0.144. The van der Waals surface area contributed by atoms with Crippen LogP contribution in [0.1, 0.15) is 52.4 Å². The molecular weight excluding hydrogens is 490 g/mol. The maximum absolute atomic E-state index is 13.0. The first-order valence-corrected chi connectivity index (χ1v) is 11.7. The Morgan fingerprint density at radius 2 is 1.38 bits per heavy atom. The van der Waals surface area contributed by atoms with Gasteiger partial charge in [0.15, 0.2) is 5.96 Å². The smallest absolute Gasteiger partial charge is 0.326 e. The van der Waals surface area contributed by atoms with Crippen molar-refractivity contribution in [2.75, 3.05) is 6.54 Å². The number of nitrogens with two attached hydrogens (primary N) is 5. The van der Waals surface area contributed by atoms with Crippen LogP contribution in [0.2, 0.25) is 0 Å². The highest BCUT2D eigenvalue weighted by Crippen LogP contribution is 2.10. The molecule has 0 heterocycles. The fraction of sp³-hybridized carbons (Fsp3) is 0.667. The van der Waals surface area contributed by atoms with Crippen LogP contribution in [0.5, 0.6) is 0 Å². The third-order valence-electron chi connectivity index (χ3n) is 5.43. The maximum Gasteiger partial charge on any atom is 0.326 e. The van der Waals surface area contributed by atoms with Crippen LogP contribution < -0.4 is 44.6 Å². The van der Waals surface area contributed by atoms with Crippen LogP contribution in [0.4, 0.5) is 0 Å². The summed E-state index contributed by atoms with van der Waals surface area (Å²) < 4.78 is 0. The summed E-state index contributed by atoms with van der Waals surface area (Å²) in [5.74, 6) is -5.95. The molecule has 16 heteroatoms. The zero-order valence-electron chi connectivity index (χ0n) is 21.1. The van der Waals surface area contributed by atoms with Crippen molar-refractivity contribution in [1.82, 2.24) is 16.0 Å². The van der Waals surface area contributed by atoms with E-state index in [4.69, 9.17) is 28.7 Å². The van der Waals surface area contributed by atoms with Gasteiger partial charge < -0.3 is 49.7 Å². The number of primary amides is 2. The molecule has 0 fully saturated rings. The maximum atomic E-state index is 13.0. The van der Waals surface area contributed by atoms with E-state index < -0.39 is 72.0 Å². The lowest BCUT2D eigenvalue weighted by Gasteiger charge is -2.26. The van der Waals surface area contributed by atoms with Crippen LogP contribution in [0.3, 0.4) is 0 Å². The van der Waals surface area contributed by atoms with Gasteiger partial charge in [0, 0.05) is 13.0 Å². The van der Waals surface area contributed by atoms with E-state index in [-0.39, 0.29) is 38.2 Å². The summed E-state index contributed by atoms with van der Waals surface area (Å²) in [6, 6.07) is -5.16. The Hall–Kier alpha value is -3.95. The Balaban J connectivity index is 5.76. The first-order valence-electron chi connectivity index (χ1n) is 11.7. The summed E-state index contributed by atoms with van der Waals surface area (Å²) in [4.78, 5) is 76.1. The molecule has 0 aromatic rings. The number of carboxylic acids is 1. The molecule has 0 bridgehead atoms. The fourth-order valence-electron chi connectivity index (χ4n) is 3.13. The van der Waals surface area contributed by atoms with Crippen molar-refractivity contribution in [2.24, 2.45) is 39.6 Å². The minimum Gasteiger partial charge on any atom is -0.480 e. The third-order valence-corrected chi connectivity index (χ3v) is 5.43. The number of carboxylic acid groups (broad SMARTS) is 1. The molecule has 210 valence electrons. The van der Waals surface area contributed by atoms with Crippen LogP contribution in [0.15, 0.2) is 4.99 Å². The Morgan fingerprint density at radius 1 is 0.838 bits per heavy atom. The van der Waals surface area contributed by atoms with E-state index in [0.717, 1.165) is 0 Å². The molecule has 5 atom stereocenters. The SMILES string of the molecule is CCC(C)C(NC(=O)C(CCCN=C(N)N)NC(=O)C(CCC(N)=O)NC(=O)C(N)CC(N)=O)C(=O)O. The van der Waals surface area contributed by atoms with E-state index in [1.54, 1.807) is 13.8 Å². The lowest BCUT2D eigenvalue weighted by Crippen LogP contribution is -2.58. The van der Waals surface area contributed by atoms with Crippen LogP contribution in [0.25, 0.3) is 0 Å². The molecule has 16 nitrogen and oxygen atoms in total. The minimum absolute atomic E-state index is 0.0128. The molecule has 5 unspecified atom stereocenters. The first-order chi connectivity index (χ1) is 17.2. The Kier molecular flexibility index (Phi) is 14.9. The molecule has 0 aliphatic rings. The number of carbonyl (C=O) groups is 6. The Morgan fingerprint density at radius 3 is 1.86 bits per heavy atom. The highest BCUT2D eigenvalue weighted by atomic mass is 16.4. The zero-order chi connectivity index (χ0) is 28.7. The number of aliphatic carboxylic acids is 1. The molecule has 0 aromatic heterocycles. The number of aliphatic imine (C=N–C) groups is 1. The number of hydrogen-bond donors (Lipinski definition) is 9. The highest BCUT2D eigenvalue weighted by molar-refractivity contribution is 5.95. The van der Waals surface area contributed by atoms with Crippen LogP contribution in [0, 0.1) is 5.92 Å². The van der Waals surface area contributed by atoms with Gasteiger partial charge in [-0.3, -0.25) is 29.0 Å². The van der Waals surface area contributed by atoms with E-state index in [1.165, 1.54) is 0 Å². The molecule has 0 saturated carbocycles. The molecule has 14 N–H and O–H groups in total. The molecule has 0 spiro atoms. The van der Waals surface area contributed by atoms with Crippen LogP contribution >= 0.6 is 0 Å². The second-order valence-electron chi connectivity index (χ2n) is 8.56. The van der Waals surface area contributed by atoms with Crippen molar-refractivity contribution in [1.29, 1.82) is 0 Å². The Labute approximate surface area is 214 Å². The molecule has 0 radical (unpaired) electrons. The molecule has 0 rings (SSSR count). The largest absolute Gasteiger partial charge is 0.480 e. The molecule has 0 aliphatic heterocycles.